The third-order valence-electron chi connectivity index (χ3n) is 2.04. The summed E-state index contributed by atoms with van der Waals surface area (Å²) in [5.41, 5.74) is 1.77. The van der Waals surface area contributed by atoms with Crippen molar-refractivity contribution in [1.82, 2.24) is 9.38 Å². The largest absolute Gasteiger partial charge is 0.306 e. The topological polar surface area (TPSA) is 46.4 Å². The van der Waals surface area contributed by atoms with Crippen molar-refractivity contribution in [3.63, 3.8) is 0 Å². The molecule has 0 bridgehead atoms. The fraction of sp³-hybridized carbons (Fsp3) is 0.167. The number of nitrogens with zero attached hydrogens (tertiary/aromatic N) is 2. The van der Waals surface area contributed by atoms with Crippen LogP contribution < -0.4 is 5.32 Å². The monoisotopic (exact) mass is 215 g/mol. The molecule has 0 aliphatic carbocycles. The Balaban J connectivity index is 2.22. The molecule has 1 N–H and O–H groups in total. The number of allylic oxidation sites excluding steroid dienone is 1. The number of amides is 1. The van der Waals surface area contributed by atoms with Gasteiger partial charge >= 0.3 is 0 Å². The summed E-state index contributed by atoms with van der Waals surface area (Å²) in [7, 11) is 0. The van der Waals surface area contributed by atoms with Gasteiger partial charge in [0.25, 0.3) is 0 Å². The lowest BCUT2D eigenvalue weighted by molar-refractivity contribution is -0.112. The molecule has 0 aliphatic rings. The summed E-state index contributed by atoms with van der Waals surface area (Å²) in [5, 5.41) is 2.72. The normalized spacial score (nSPS) is 10.1. The number of carbonyl (C=O) groups is 1. The SMILES string of the molecule is CC(C)=CC(=O)Nc1cn2ccccc2n1. The Morgan fingerprint density at radius 1 is 1.44 bits per heavy atom. The van der Waals surface area contributed by atoms with Crippen LogP contribution in [-0.2, 0) is 4.79 Å². The van der Waals surface area contributed by atoms with E-state index in [-0.39, 0.29) is 5.91 Å². The van der Waals surface area contributed by atoms with Gasteiger partial charge in [-0.2, -0.15) is 0 Å². The minimum Gasteiger partial charge on any atom is -0.306 e. The molecular formula is C12H13N3O. The van der Waals surface area contributed by atoms with Crippen LogP contribution in [0.2, 0.25) is 0 Å². The molecule has 0 unspecified atom stereocenters. The number of aromatic nitrogens is 2. The molecule has 0 fully saturated rings. The summed E-state index contributed by atoms with van der Waals surface area (Å²) in [4.78, 5) is 15.7. The van der Waals surface area contributed by atoms with E-state index < -0.39 is 0 Å². The van der Waals surface area contributed by atoms with Gasteiger partial charge in [-0.1, -0.05) is 11.6 Å². The first kappa shape index (κ1) is 10.4. The zero-order valence-electron chi connectivity index (χ0n) is 9.27. The zero-order valence-corrected chi connectivity index (χ0v) is 9.27. The molecule has 0 aliphatic heterocycles. The van der Waals surface area contributed by atoms with Gasteiger partial charge in [0.1, 0.15) is 5.65 Å². The third-order valence-corrected chi connectivity index (χ3v) is 2.04. The number of rotatable bonds is 2. The maximum atomic E-state index is 11.5. The molecule has 0 spiro atoms. The number of anilines is 1. The van der Waals surface area contributed by atoms with Crippen molar-refractivity contribution in [1.29, 1.82) is 0 Å². The van der Waals surface area contributed by atoms with Crippen LogP contribution in [0.1, 0.15) is 13.8 Å². The molecular weight excluding hydrogens is 202 g/mol. The van der Waals surface area contributed by atoms with Crippen LogP contribution >= 0.6 is 0 Å². The molecule has 0 saturated heterocycles. The van der Waals surface area contributed by atoms with Crippen molar-refractivity contribution in [2.24, 2.45) is 0 Å². The number of carbonyl (C=O) groups excluding carboxylic acids is 1. The van der Waals surface area contributed by atoms with E-state index in [4.69, 9.17) is 0 Å². The standard InChI is InChI=1S/C12H13N3O/c1-9(2)7-12(16)14-10-8-15-6-4-3-5-11(15)13-10/h3-8H,1-2H3,(H,14,16). The number of hydrogen-bond acceptors (Lipinski definition) is 2. The second-order valence-corrected chi connectivity index (χ2v) is 3.80. The molecule has 0 aromatic carbocycles. The Morgan fingerprint density at radius 3 is 2.94 bits per heavy atom. The summed E-state index contributed by atoms with van der Waals surface area (Å²) in [5.74, 6) is 0.414. The first-order chi connectivity index (χ1) is 7.65. The molecule has 16 heavy (non-hydrogen) atoms. The fourth-order valence-corrected chi connectivity index (χ4v) is 1.42. The van der Waals surface area contributed by atoms with Crippen molar-refractivity contribution in [2.45, 2.75) is 13.8 Å². The van der Waals surface area contributed by atoms with Gasteiger partial charge in [-0.25, -0.2) is 4.98 Å². The molecule has 2 aromatic rings. The fourth-order valence-electron chi connectivity index (χ4n) is 1.42. The summed E-state index contributed by atoms with van der Waals surface area (Å²) in [6.45, 7) is 3.76. The number of pyridine rings is 1. The molecule has 4 nitrogen and oxygen atoms in total. The molecule has 2 heterocycles. The molecule has 2 aromatic heterocycles. The lowest BCUT2D eigenvalue weighted by Crippen LogP contribution is -2.08. The van der Waals surface area contributed by atoms with Crippen molar-refractivity contribution in [2.75, 3.05) is 5.32 Å². The highest BCUT2D eigenvalue weighted by atomic mass is 16.1. The lowest BCUT2D eigenvalue weighted by atomic mass is 10.3. The summed E-state index contributed by atoms with van der Waals surface area (Å²) >= 11 is 0. The van der Waals surface area contributed by atoms with E-state index >= 15 is 0 Å². The maximum Gasteiger partial charge on any atom is 0.249 e. The Hall–Kier alpha value is -2.10. The van der Waals surface area contributed by atoms with Crippen molar-refractivity contribution in [3.05, 3.63) is 42.2 Å². The Kier molecular flexibility index (Phi) is 2.72. The van der Waals surface area contributed by atoms with E-state index in [1.165, 1.54) is 0 Å². The molecule has 0 atom stereocenters. The van der Waals surface area contributed by atoms with E-state index in [2.05, 4.69) is 10.3 Å². The van der Waals surface area contributed by atoms with E-state index in [1.54, 1.807) is 12.3 Å². The zero-order chi connectivity index (χ0) is 11.5. The minimum atomic E-state index is -0.150. The first-order valence-electron chi connectivity index (χ1n) is 5.05. The second kappa shape index (κ2) is 4.18. The predicted octanol–water partition coefficient (Wildman–Crippen LogP) is 2.24. The number of nitrogens with one attached hydrogen (secondary N) is 1. The quantitative estimate of drug-likeness (QED) is 0.781. The van der Waals surface area contributed by atoms with Gasteiger partial charge < -0.3 is 9.72 Å². The molecule has 0 saturated carbocycles. The van der Waals surface area contributed by atoms with Crippen molar-refractivity contribution < 1.29 is 4.79 Å². The van der Waals surface area contributed by atoms with Gasteiger partial charge in [0.15, 0.2) is 5.82 Å². The lowest BCUT2D eigenvalue weighted by Gasteiger charge is -1.95. The number of hydrogen-bond donors (Lipinski definition) is 1. The van der Waals surface area contributed by atoms with E-state index in [0.717, 1.165) is 11.2 Å². The van der Waals surface area contributed by atoms with E-state index in [1.807, 2.05) is 42.6 Å². The Labute approximate surface area is 93.6 Å². The predicted molar refractivity (Wildman–Crippen MR) is 63.3 cm³/mol. The van der Waals surface area contributed by atoms with Crippen LogP contribution in [0.15, 0.2) is 42.2 Å². The van der Waals surface area contributed by atoms with Crippen molar-refractivity contribution >= 4 is 17.4 Å². The summed E-state index contributed by atoms with van der Waals surface area (Å²) < 4.78 is 1.86. The van der Waals surface area contributed by atoms with Gasteiger partial charge in [-0.15, -0.1) is 0 Å². The highest BCUT2D eigenvalue weighted by Crippen LogP contribution is 2.08. The van der Waals surface area contributed by atoms with Crippen LogP contribution in [-0.4, -0.2) is 15.3 Å². The van der Waals surface area contributed by atoms with Gasteiger partial charge in [0.2, 0.25) is 5.91 Å². The van der Waals surface area contributed by atoms with Crippen LogP contribution in [0.5, 0.6) is 0 Å². The highest BCUT2D eigenvalue weighted by molar-refractivity contribution is 5.99. The van der Waals surface area contributed by atoms with Crippen molar-refractivity contribution in [3.8, 4) is 0 Å². The Morgan fingerprint density at radius 2 is 2.25 bits per heavy atom. The summed E-state index contributed by atoms with van der Waals surface area (Å²) in [6.07, 6.45) is 5.22. The highest BCUT2D eigenvalue weighted by Gasteiger charge is 2.03. The van der Waals surface area contributed by atoms with Gasteiger partial charge in [0, 0.05) is 12.3 Å². The van der Waals surface area contributed by atoms with Crippen LogP contribution in [0.3, 0.4) is 0 Å². The summed E-state index contributed by atoms with van der Waals surface area (Å²) in [6, 6.07) is 5.71. The maximum absolute atomic E-state index is 11.5. The van der Waals surface area contributed by atoms with Crippen LogP contribution in [0, 0.1) is 0 Å². The molecule has 0 radical (unpaired) electrons. The van der Waals surface area contributed by atoms with Gasteiger partial charge in [0.05, 0.1) is 6.20 Å². The minimum absolute atomic E-state index is 0.150. The number of imidazole rings is 1. The second-order valence-electron chi connectivity index (χ2n) is 3.80. The third kappa shape index (κ3) is 2.28. The van der Waals surface area contributed by atoms with E-state index in [0.29, 0.717) is 5.82 Å². The van der Waals surface area contributed by atoms with Gasteiger partial charge in [-0.05, 0) is 26.0 Å². The molecule has 82 valence electrons. The first-order valence-corrected chi connectivity index (χ1v) is 5.05. The number of fused-ring (bicyclic) bond motifs is 1. The van der Waals surface area contributed by atoms with Crippen LogP contribution in [0.25, 0.3) is 5.65 Å². The molecule has 4 heteroatoms. The van der Waals surface area contributed by atoms with E-state index in [9.17, 15) is 4.79 Å². The average molecular weight is 215 g/mol. The average Bonchev–Trinajstić information content (AvgIpc) is 2.57. The molecule has 1 amide bonds. The smallest absolute Gasteiger partial charge is 0.249 e. The van der Waals surface area contributed by atoms with Gasteiger partial charge in [-0.3, -0.25) is 4.79 Å². The van der Waals surface area contributed by atoms with Crippen LogP contribution in [0.4, 0.5) is 5.82 Å². The Bertz CT molecular complexity index is 517. The molecule has 2 rings (SSSR count).